The number of nitrogens with zero attached hydrogens (tertiary/aromatic N) is 3. The first kappa shape index (κ1) is 19.0. The van der Waals surface area contributed by atoms with Crippen LogP contribution in [0, 0.1) is 0 Å². The van der Waals surface area contributed by atoms with Gasteiger partial charge < -0.3 is 14.5 Å². The average molecular weight is 339 g/mol. The van der Waals surface area contributed by atoms with Gasteiger partial charge in [0.25, 0.3) is 0 Å². The molecule has 2 fully saturated rings. The number of likely N-dealkylation sites (tertiary alicyclic amines) is 2. The van der Waals surface area contributed by atoms with E-state index in [1.807, 2.05) is 34.9 Å². The molecule has 2 rings (SSSR count). The van der Waals surface area contributed by atoms with Crippen molar-refractivity contribution in [3.63, 3.8) is 0 Å². The molecule has 2 amide bonds. The van der Waals surface area contributed by atoms with Crippen LogP contribution < -0.4 is 0 Å². The van der Waals surface area contributed by atoms with Gasteiger partial charge in [-0.3, -0.25) is 9.69 Å². The Bertz CT molecular complexity index is 451. The van der Waals surface area contributed by atoms with Gasteiger partial charge in [-0.25, -0.2) is 4.79 Å². The lowest BCUT2D eigenvalue weighted by atomic mass is 9.94. The van der Waals surface area contributed by atoms with Gasteiger partial charge in [0.1, 0.15) is 5.60 Å². The zero-order chi connectivity index (χ0) is 17.9. The predicted octanol–water partition coefficient (Wildman–Crippen LogP) is 2.33. The summed E-state index contributed by atoms with van der Waals surface area (Å²) in [7, 11) is 3.67. The van der Waals surface area contributed by atoms with Crippen LogP contribution in [-0.4, -0.2) is 78.1 Å². The topological polar surface area (TPSA) is 53.1 Å². The Balaban J connectivity index is 1.92. The Hall–Kier alpha value is -1.30. The first-order valence-electron chi connectivity index (χ1n) is 9.14. The zero-order valence-electron chi connectivity index (χ0n) is 15.9. The fourth-order valence-electron chi connectivity index (χ4n) is 3.66. The van der Waals surface area contributed by atoms with Gasteiger partial charge in [-0.05, 0) is 53.0 Å². The molecular weight excluding hydrogens is 306 g/mol. The van der Waals surface area contributed by atoms with Crippen LogP contribution in [0.2, 0.25) is 0 Å². The van der Waals surface area contributed by atoms with Crippen LogP contribution in [0.1, 0.15) is 52.9 Å². The minimum Gasteiger partial charge on any atom is -0.444 e. The summed E-state index contributed by atoms with van der Waals surface area (Å²) >= 11 is 0. The molecule has 0 spiro atoms. The van der Waals surface area contributed by atoms with E-state index in [2.05, 4.69) is 4.90 Å². The molecule has 2 saturated heterocycles. The van der Waals surface area contributed by atoms with Gasteiger partial charge in [-0.15, -0.1) is 0 Å². The number of hydrogen-bond donors (Lipinski definition) is 0. The molecule has 6 heteroatoms. The summed E-state index contributed by atoms with van der Waals surface area (Å²) in [6.07, 6.45) is 4.83. The lowest BCUT2D eigenvalue weighted by Gasteiger charge is -2.44. The van der Waals surface area contributed by atoms with Crippen LogP contribution >= 0.6 is 0 Å². The number of carbonyl (C=O) groups excluding carboxylic acids is 2. The van der Waals surface area contributed by atoms with Gasteiger partial charge in [0.2, 0.25) is 5.91 Å². The highest BCUT2D eigenvalue weighted by Crippen LogP contribution is 2.26. The summed E-state index contributed by atoms with van der Waals surface area (Å²) in [6, 6.07) is 0.393. The van der Waals surface area contributed by atoms with Crippen LogP contribution in [0.25, 0.3) is 0 Å². The normalized spacial score (nSPS) is 23.9. The third-order valence-electron chi connectivity index (χ3n) is 4.86. The molecule has 0 saturated carbocycles. The third-order valence-corrected chi connectivity index (χ3v) is 4.86. The van der Waals surface area contributed by atoms with E-state index in [4.69, 9.17) is 4.74 Å². The van der Waals surface area contributed by atoms with Crippen LogP contribution in [0.4, 0.5) is 4.79 Å². The first-order valence-corrected chi connectivity index (χ1v) is 9.14. The highest BCUT2D eigenvalue weighted by atomic mass is 16.6. The molecular formula is C18H33N3O3. The highest BCUT2D eigenvalue weighted by Gasteiger charge is 2.36. The van der Waals surface area contributed by atoms with Gasteiger partial charge in [-0.2, -0.15) is 0 Å². The quantitative estimate of drug-likeness (QED) is 0.775. The van der Waals surface area contributed by atoms with Crippen molar-refractivity contribution in [2.24, 2.45) is 0 Å². The fraction of sp³-hybridized carbons (Fsp3) is 0.889. The van der Waals surface area contributed by atoms with E-state index in [1.165, 1.54) is 0 Å². The Morgan fingerprint density at radius 2 is 1.62 bits per heavy atom. The van der Waals surface area contributed by atoms with Crippen LogP contribution in [0.5, 0.6) is 0 Å². The predicted molar refractivity (Wildman–Crippen MR) is 93.9 cm³/mol. The number of likely N-dealkylation sites (N-methyl/N-ethyl adjacent to an activating group) is 1. The van der Waals surface area contributed by atoms with Gasteiger partial charge in [0, 0.05) is 33.2 Å². The van der Waals surface area contributed by atoms with Crippen molar-refractivity contribution in [2.75, 3.05) is 33.7 Å². The molecule has 0 aromatic rings. The van der Waals surface area contributed by atoms with Crippen molar-refractivity contribution in [1.29, 1.82) is 0 Å². The molecule has 2 aliphatic rings. The summed E-state index contributed by atoms with van der Waals surface area (Å²) < 4.78 is 5.46. The van der Waals surface area contributed by atoms with Gasteiger partial charge in [0.15, 0.2) is 0 Å². The molecule has 1 atom stereocenters. The zero-order valence-corrected chi connectivity index (χ0v) is 15.9. The third kappa shape index (κ3) is 4.85. The molecule has 2 aliphatic heterocycles. The van der Waals surface area contributed by atoms with E-state index in [0.29, 0.717) is 19.1 Å². The minimum absolute atomic E-state index is 0.00632. The Labute approximate surface area is 146 Å². The molecule has 0 unspecified atom stereocenters. The van der Waals surface area contributed by atoms with Crippen molar-refractivity contribution in [3.05, 3.63) is 0 Å². The van der Waals surface area contributed by atoms with E-state index >= 15 is 0 Å². The maximum atomic E-state index is 12.5. The fourth-order valence-corrected chi connectivity index (χ4v) is 3.66. The largest absolute Gasteiger partial charge is 0.444 e. The molecule has 0 radical (unpaired) electrons. The monoisotopic (exact) mass is 339 g/mol. The maximum Gasteiger partial charge on any atom is 0.410 e. The second kappa shape index (κ2) is 7.72. The number of ether oxygens (including phenoxy) is 1. The molecule has 0 aromatic heterocycles. The number of carbonyl (C=O) groups is 2. The lowest BCUT2D eigenvalue weighted by molar-refractivity contribution is -0.137. The average Bonchev–Trinajstić information content (AvgIpc) is 2.52. The Morgan fingerprint density at radius 3 is 2.17 bits per heavy atom. The second-order valence-corrected chi connectivity index (χ2v) is 8.18. The van der Waals surface area contributed by atoms with E-state index in [-0.39, 0.29) is 18.0 Å². The molecule has 0 bridgehead atoms. The van der Waals surface area contributed by atoms with Crippen molar-refractivity contribution < 1.29 is 14.3 Å². The summed E-state index contributed by atoms with van der Waals surface area (Å²) in [5, 5.41) is 0. The van der Waals surface area contributed by atoms with Crippen molar-refractivity contribution in [1.82, 2.24) is 14.7 Å². The van der Waals surface area contributed by atoms with Crippen LogP contribution in [-0.2, 0) is 9.53 Å². The Morgan fingerprint density at radius 1 is 1.00 bits per heavy atom. The molecule has 0 aliphatic carbocycles. The SMILES string of the molecule is CN(C)C(=O)[C@H]1CCCCN1C1CCN(C(=O)OC(C)(C)C)CC1. The number of amides is 2. The van der Waals surface area contributed by atoms with E-state index < -0.39 is 5.60 Å². The molecule has 138 valence electrons. The van der Waals surface area contributed by atoms with Gasteiger partial charge >= 0.3 is 6.09 Å². The van der Waals surface area contributed by atoms with Crippen LogP contribution in [0.15, 0.2) is 0 Å². The molecule has 2 heterocycles. The summed E-state index contributed by atoms with van der Waals surface area (Å²) in [5.74, 6) is 0.212. The lowest BCUT2D eigenvalue weighted by Crippen LogP contribution is -2.56. The number of rotatable bonds is 2. The summed E-state index contributed by atoms with van der Waals surface area (Å²) in [4.78, 5) is 30.6. The second-order valence-electron chi connectivity index (χ2n) is 8.18. The van der Waals surface area contributed by atoms with Gasteiger partial charge in [0.05, 0.1) is 6.04 Å². The van der Waals surface area contributed by atoms with E-state index in [9.17, 15) is 9.59 Å². The number of piperidine rings is 2. The maximum absolute atomic E-state index is 12.5. The van der Waals surface area contributed by atoms with Crippen molar-refractivity contribution >= 4 is 12.0 Å². The van der Waals surface area contributed by atoms with E-state index in [1.54, 1.807) is 9.80 Å². The summed E-state index contributed by atoms with van der Waals surface area (Å²) in [5.41, 5.74) is -0.454. The molecule has 0 N–H and O–H groups in total. The first-order chi connectivity index (χ1) is 11.2. The van der Waals surface area contributed by atoms with Crippen LogP contribution in [0.3, 0.4) is 0 Å². The standard InChI is InChI=1S/C18H33N3O3/c1-18(2,3)24-17(23)20-12-9-14(10-13-20)21-11-7-6-8-15(21)16(22)19(4)5/h14-15H,6-13H2,1-5H3/t15-/m1/s1. The smallest absolute Gasteiger partial charge is 0.410 e. The van der Waals surface area contributed by atoms with Crippen molar-refractivity contribution in [3.8, 4) is 0 Å². The molecule has 6 nitrogen and oxygen atoms in total. The molecule has 24 heavy (non-hydrogen) atoms. The minimum atomic E-state index is -0.454. The number of hydrogen-bond acceptors (Lipinski definition) is 4. The Kier molecular flexibility index (Phi) is 6.12. The highest BCUT2D eigenvalue weighted by molar-refractivity contribution is 5.81. The summed E-state index contributed by atoms with van der Waals surface area (Å²) in [6.45, 7) is 8.08. The van der Waals surface area contributed by atoms with Gasteiger partial charge in [-0.1, -0.05) is 6.42 Å². The van der Waals surface area contributed by atoms with E-state index in [0.717, 1.165) is 38.6 Å². The van der Waals surface area contributed by atoms with Crippen molar-refractivity contribution in [2.45, 2.75) is 70.6 Å². The molecule has 0 aromatic carbocycles.